The van der Waals surface area contributed by atoms with Crippen LogP contribution in [0.3, 0.4) is 0 Å². The van der Waals surface area contributed by atoms with E-state index in [1.165, 1.54) is 35.1 Å². The molecule has 2 aliphatic rings. The van der Waals surface area contributed by atoms with Gasteiger partial charge in [-0.3, -0.25) is 0 Å². The van der Waals surface area contributed by atoms with Gasteiger partial charge in [0.2, 0.25) is 0 Å². The maximum Gasteiger partial charge on any atom is 0.102 e. The average Bonchev–Trinajstić information content (AvgIpc) is 3.19. The molecular weight excluding hydrogens is 320 g/mol. The van der Waals surface area contributed by atoms with Crippen LogP contribution in [0.1, 0.15) is 53.0 Å². The molecule has 0 aromatic heterocycles. The van der Waals surface area contributed by atoms with Crippen LogP contribution in [-0.2, 0) is 16.1 Å². The van der Waals surface area contributed by atoms with Crippen LogP contribution in [0.2, 0.25) is 0 Å². The van der Waals surface area contributed by atoms with Crippen LogP contribution in [0.4, 0.5) is 0 Å². The number of hydrogen-bond acceptors (Lipinski definition) is 2. The molecule has 1 aliphatic carbocycles. The lowest BCUT2D eigenvalue weighted by Gasteiger charge is -2.27. The van der Waals surface area contributed by atoms with Gasteiger partial charge in [-0.05, 0) is 68.9 Å². The Balaban J connectivity index is 1.61. The van der Waals surface area contributed by atoms with Gasteiger partial charge in [0, 0.05) is 0 Å². The topological polar surface area (TPSA) is 18.5 Å². The minimum atomic E-state index is 0.121. The molecule has 0 bridgehead atoms. The Morgan fingerprint density at radius 1 is 1.19 bits per heavy atom. The molecule has 1 aromatic rings. The molecule has 1 aromatic carbocycles. The van der Waals surface area contributed by atoms with Crippen molar-refractivity contribution < 1.29 is 9.47 Å². The van der Waals surface area contributed by atoms with Gasteiger partial charge in [-0.25, -0.2) is 0 Å². The Kier molecular flexibility index (Phi) is 6.04. The van der Waals surface area contributed by atoms with Crippen molar-refractivity contribution in [3.8, 4) is 0 Å². The van der Waals surface area contributed by atoms with Crippen LogP contribution >= 0.6 is 0 Å². The molecule has 0 amide bonds. The molecule has 2 fully saturated rings. The van der Waals surface area contributed by atoms with E-state index in [-0.39, 0.29) is 6.10 Å². The molecule has 1 aliphatic heterocycles. The Labute approximate surface area is 159 Å². The summed E-state index contributed by atoms with van der Waals surface area (Å²) in [5.41, 5.74) is 5.96. The van der Waals surface area contributed by atoms with Gasteiger partial charge in [0.25, 0.3) is 0 Å². The SMILES string of the molecule is CC(C)=CCC[C@]1(C)[C@@H]2CO[C@@H](COCc3ccccc3)C(=C(C)C)[C@@H]21. The molecule has 3 rings (SSSR count). The Bertz CT molecular complexity index is 665. The second-order valence-electron chi connectivity index (χ2n) is 8.69. The van der Waals surface area contributed by atoms with Gasteiger partial charge in [0.15, 0.2) is 0 Å². The van der Waals surface area contributed by atoms with E-state index in [0.29, 0.717) is 30.5 Å². The third-order valence-electron chi connectivity index (χ3n) is 6.20. The smallest absolute Gasteiger partial charge is 0.102 e. The van der Waals surface area contributed by atoms with Crippen LogP contribution < -0.4 is 0 Å². The maximum absolute atomic E-state index is 6.27. The zero-order chi connectivity index (χ0) is 18.7. The first-order valence-electron chi connectivity index (χ1n) is 9.97. The number of rotatable bonds is 7. The number of ether oxygens (including phenoxy) is 2. The Hall–Kier alpha value is -1.38. The molecule has 1 saturated heterocycles. The molecule has 4 atom stereocenters. The summed E-state index contributed by atoms with van der Waals surface area (Å²) in [5, 5.41) is 0. The van der Waals surface area contributed by atoms with Crippen LogP contribution in [0.15, 0.2) is 53.1 Å². The van der Waals surface area contributed by atoms with E-state index in [1.54, 1.807) is 0 Å². The van der Waals surface area contributed by atoms with E-state index < -0.39 is 0 Å². The Morgan fingerprint density at radius 2 is 1.92 bits per heavy atom. The van der Waals surface area contributed by atoms with Crippen molar-refractivity contribution >= 4 is 0 Å². The van der Waals surface area contributed by atoms with E-state index in [1.807, 2.05) is 6.07 Å². The lowest BCUT2D eigenvalue weighted by Crippen LogP contribution is -2.29. The predicted molar refractivity (Wildman–Crippen MR) is 108 cm³/mol. The first-order valence-corrected chi connectivity index (χ1v) is 9.97. The second kappa shape index (κ2) is 8.10. The standard InChI is InChI=1S/C24H34O2/c1-17(2)10-9-13-24(5)20-15-26-21(22(18(3)4)23(20)24)16-25-14-19-11-7-6-8-12-19/h6-8,10-12,20-21,23H,9,13-16H2,1-5H3/t20-,21+,23-,24-/m1/s1. The van der Waals surface area contributed by atoms with Crippen molar-refractivity contribution in [2.75, 3.05) is 13.2 Å². The van der Waals surface area contributed by atoms with Crippen molar-refractivity contribution in [3.63, 3.8) is 0 Å². The fraction of sp³-hybridized carbons (Fsp3) is 0.583. The molecule has 0 unspecified atom stereocenters. The molecule has 142 valence electrons. The summed E-state index contributed by atoms with van der Waals surface area (Å²) in [6.45, 7) is 13.5. The van der Waals surface area contributed by atoms with Gasteiger partial charge in [0.1, 0.15) is 6.10 Å². The summed E-state index contributed by atoms with van der Waals surface area (Å²) < 4.78 is 12.3. The minimum absolute atomic E-state index is 0.121. The van der Waals surface area contributed by atoms with Crippen molar-refractivity contribution in [1.82, 2.24) is 0 Å². The molecule has 1 heterocycles. The highest BCUT2D eigenvalue weighted by Crippen LogP contribution is 2.67. The van der Waals surface area contributed by atoms with Crippen LogP contribution in [-0.4, -0.2) is 19.3 Å². The van der Waals surface area contributed by atoms with Gasteiger partial charge >= 0.3 is 0 Å². The maximum atomic E-state index is 6.27. The van der Waals surface area contributed by atoms with E-state index in [4.69, 9.17) is 9.47 Å². The third kappa shape index (κ3) is 4.13. The lowest BCUT2D eigenvalue weighted by molar-refractivity contribution is -0.0223. The van der Waals surface area contributed by atoms with Crippen LogP contribution in [0.5, 0.6) is 0 Å². The molecule has 0 spiro atoms. The monoisotopic (exact) mass is 354 g/mol. The fourth-order valence-electron chi connectivity index (χ4n) is 4.67. The molecular formula is C24H34O2. The minimum Gasteiger partial charge on any atom is -0.374 e. The highest BCUT2D eigenvalue weighted by Gasteiger charge is 2.64. The van der Waals surface area contributed by atoms with E-state index >= 15 is 0 Å². The molecule has 2 heteroatoms. The lowest BCUT2D eigenvalue weighted by atomic mass is 9.91. The van der Waals surface area contributed by atoms with E-state index in [2.05, 4.69) is 65.0 Å². The first kappa shape index (κ1) is 19.4. The highest BCUT2D eigenvalue weighted by atomic mass is 16.5. The molecule has 26 heavy (non-hydrogen) atoms. The van der Waals surface area contributed by atoms with Gasteiger partial charge in [-0.2, -0.15) is 0 Å². The van der Waals surface area contributed by atoms with Gasteiger partial charge in [-0.1, -0.05) is 54.5 Å². The van der Waals surface area contributed by atoms with Gasteiger partial charge in [0.05, 0.1) is 19.8 Å². The number of allylic oxidation sites excluding steroid dienone is 3. The summed E-state index contributed by atoms with van der Waals surface area (Å²) in [6, 6.07) is 10.4. The van der Waals surface area contributed by atoms with Gasteiger partial charge in [-0.15, -0.1) is 0 Å². The van der Waals surface area contributed by atoms with Gasteiger partial charge < -0.3 is 9.47 Å². The van der Waals surface area contributed by atoms with Crippen molar-refractivity contribution in [1.29, 1.82) is 0 Å². The molecule has 0 N–H and O–H groups in total. The molecule has 2 nitrogen and oxygen atoms in total. The fourth-order valence-corrected chi connectivity index (χ4v) is 4.67. The summed E-state index contributed by atoms with van der Waals surface area (Å²) in [7, 11) is 0. The van der Waals surface area contributed by atoms with Crippen LogP contribution in [0.25, 0.3) is 0 Å². The summed E-state index contributed by atoms with van der Waals surface area (Å²) in [6.07, 6.45) is 4.93. The summed E-state index contributed by atoms with van der Waals surface area (Å²) >= 11 is 0. The highest BCUT2D eigenvalue weighted by molar-refractivity contribution is 5.33. The van der Waals surface area contributed by atoms with Crippen molar-refractivity contribution in [3.05, 3.63) is 58.7 Å². The van der Waals surface area contributed by atoms with E-state index in [0.717, 1.165) is 6.61 Å². The van der Waals surface area contributed by atoms with Crippen molar-refractivity contribution in [2.24, 2.45) is 17.3 Å². The van der Waals surface area contributed by atoms with E-state index in [9.17, 15) is 0 Å². The second-order valence-corrected chi connectivity index (χ2v) is 8.69. The number of hydrogen-bond donors (Lipinski definition) is 0. The average molecular weight is 355 g/mol. The summed E-state index contributed by atoms with van der Waals surface area (Å²) in [5.74, 6) is 1.36. The zero-order valence-corrected chi connectivity index (χ0v) is 17.0. The molecule has 1 saturated carbocycles. The first-order chi connectivity index (χ1) is 12.4. The quantitative estimate of drug-likeness (QED) is 0.564. The number of benzene rings is 1. The van der Waals surface area contributed by atoms with Crippen molar-refractivity contribution in [2.45, 2.75) is 60.2 Å². The zero-order valence-electron chi connectivity index (χ0n) is 17.0. The summed E-state index contributed by atoms with van der Waals surface area (Å²) in [4.78, 5) is 0. The Morgan fingerprint density at radius 3 is 2.58 bits per heavy atom. The third-order valence-corrected chi connectivity index (χ3v) is 6.20. The number of fused-ring (bicyclic) bond motifs is 1. The predicted octanol–water partition coefficient (Wildman–Crippen LogP) is 5.94. The molecule has 0 radical (unpaired) electrons. The normalized spacial score (nSPS) is 29.9. The van der Waals surface area contributed by atoms with Crippen LogP contribution in [0, 0.1) is 17.3 Å². The largest absolute Gasteiger partial charge is 0.374 e.